The second kappa shape index (κ2) is 26.5. The van der Waals surface area contributed by atoms with E-state index >= 15 is 0 Å². The van der Waals surface area contributed by atoms with Gasteiger partial charge in [0.2, 0.25) is 0 Å². The van der Waals surface area contributed by atoms with Crippen LogP contribution in [0.25, 0.3) is 0 Å². The molecule has 0 nitrogen and oxygen atoms in total. The molecule has 5 heavy (non-hydrogen) atoms. The van der Waals surface area contributed by atoms with Gasteiger partial charge >= 0.3 is 29.6 Å². The second-order valence-electron chi connectivity index (χ2n) is 0. The number of rotatable bonds is 0. The third-order valence-corrected chi connectivity index (χ3v) is 0. The normalized spacial score (nSPS) is 0. The second-order valence-corrected chi connectivity index (χ2v) is 0. The maximum absolute atomic E-state index is 0. The Balaban J connectivity index is 0. The minimum absolute atomic E-state index is 0. The number of hydrogen-bond acceptors (Lipinski definition) is 0. The molecule has 0 rings (SSSR count). The minimum Gasteiger partial charge on any atom is 0 e. The standard InChI is InChI=1S/Al.Na.Ni.Ti.V.4H. The average molecular weight is 212 g/mol. The van der Waals surface area contributed by atoms with Gasteiger partial charge in [-0.25, -0.2) is 0 Å². The van der Waals surface area contributed by atoms with Crippen molar-refractivity contribution >= 4 is 46.9 Å². The molecule has 0 aromatic rings. The van der Waals surface area contributed by atoms with E-state index in [1.807, 2.05) is 0 Å². The van der Waals surface area contributed by atoms with Crippen LogP contribution < -0.4 is 0 Å². The molecule has 0 atom stereocenters. The predicted molar refractivity (Wildman–Crippen MR) is 17.1 cm³/mol. The van der Waals surface area contributed by atoms with Gasteiger partial charge in [0.05, 0.1) is 0 Å². The van der Waals surface area contributed by atoms with E-state index < -0.39 is 0 Å². The smallest absolute Gasteiger partial charge is 0 e. The maximum Gasteiger partial charge on any atom is 0 e. The van der Waals surface area contributed by atoms with E-state index in [1.54, 1.807) is 0 Å². The van der Waals surface area contributed by atoms with Crippen LogP contribution in [0.1, 0.15) is 0 Å². The molecule has 0 aliphatic carbocycles. The minimum atomic E-state index is 0. The molecule has 0 heterocycles. The Labute approximate surface area is 102 Å². The Morgan fingerprint density at radius 2 is 1.00 bits per heavy atom. The van der Waals surface area contributed by atoms with E-state index in [4.69, 9.17) is 0 Å². The molecule has 27 valence electrons. The van der Waals surface area contributed by atoms with Crippen LogP contribution >= 0.6 is 0 Å². The zero-order chi connectivity index (χ0) is 0. The van der Waals surface area contributed by atoms with E-state index in [0.29, 0.717) is 0 Å². The monoisotopic (exact) mass is 211 g/mol. The summed E-state index contributed by atoms with van der Waals surface area (Å²) in [5.41, 5.74) is 0. The Bertz CT molecular complexity index is 11.6. The molecule has 0 bridgehead atoms. The molecule has 0 unspecified atom stereocenters. The van der Waals surface area contributed by atoms with Gasteiger partial charge in [0.25, 0.3) is 0 Å². The Kier molecular flexibility index (Phi) is 214. The SMILES string of the molecule is [AlH3].[NaH].[Ni].[Ti].[V]. The molecule has 1 radical (unpaired) electrons. The Morgan fingerprint density at radius 3 is 1.00 bits per heavy atom. The van der Waals surface area contributed by atoms with Crippen molar-refractivity contribution in [3.8, 4) is 0 Å². The molecule has 0 aliphatic heterocycles. The molecule has 0 spiro atoms. The molecule has 0 fully saturated rings. The summed E-state index contributed by atoms with van der Waals surface area (Å²) in [6, 6.07) is 0. The van der Waals surface area contributed by atoms with Crippen LogP contribution in [0.2, 0.25) is 0 Å². The van der Waals surface area contributed by atoms with Crippen molar-refractivity contribution < 1.29 is 56.8 Å². The molecule has 0 N–H and O–H groups in total. The van der Waals surface area contributed by atoms with Crippen LogP contribution in [0, 0.1) is 0 Å². The molecule has 0 aromatic carbocycles. The third-order valence-electron chi connectivity index (χ3n) is 0. The fraction of sp³-hybridized carbons (Fsp3) is 0. The van der Waals surface area contributed by atoms with Gasteiger partial charge in [0.15, 0.2) is 17.4 Å². The van der Waals surface area contributed by atoms with Gasteiger partial charge in [-0.1, -0.05) is 0 Å². The van der Waals surface area contributed by atoms with E-state index in [9.17, 15) is 0 Å². The van der Waals surface area contributed by atoms with Crippen molar-refractivity contribution in [1.82, 2.24) is 0 Å². The van der Waals surface area contributed by atoms with Crippen molar-refractivity contribution in [2.24, 2.45) is 0 Å². The maximum atomic E-state index is 0. The van der Waals surface area contributed by atoms with Crippen LogP contribution in [-0.2, 0) is 56.8 Å². The first-order chi connectivity index (χ1) is 0. The van der Waals surface area contributed by atoms with Gasteiger partial charge in [0.1, 0.15) is 0 Å². The van der Waals surface area contributed by atoms with Gasteiger partial charge in [0, 0.05) is 56.8 Å². The van der Waals surface area contributed by atoms with Crippen molar-refractivity contribution in [2.45, 2.75) is 0 Å². The molecule has 5 heteroatoms. The molecule has 0 saturated carbocycles. The van der Waals surface area contributed by atoms with Crippen LogP contribution in [0.4, 0.5) is 0 Å². The molecule has 0 aliphatic rings. The summed E-state index contributed by atoms with van der Waals surface area (Å²) in [4.78, 5) is 0. The van der Waals surface area contributed by atoms with Crippen LogP contribution in [0.5, 0.6) is 0 Å². The van der Waals surface area contributed by atoms with Crippen LogP contribution in [0.15, 0.2) is 0 Å². The van der Waals surface area contributed by atoms with Crippen LogP contribution in [0.3, 0.4) is 0 Å². The molecular formula is H4AlNaNiTiV. The summed E-state index contributed by atoms with van der Waals surface area (Å²) in [5.74, 6) is 0. The van der Waals surface area contributed by atoms with Crippen molar-refractivity contribution in [3.63, 3.8) is 0 Å². The van der Waals surface area contributed by atoms with Crippen molar-refractivity contribution in [1.29, 1.82) is 0 Å². The van der Waals surface area contributed by atoms with Crippen LogP contribution in [-0.4, -0.2) is 46.9 Å². The summed E-state index contributed by atoms with van der Waals surface area (Å²) in [5, 5.41) is 0. The quantitative estimate of drug-likeness (QED) is 0.413. The van der Waals surface area contributed by atoms with Gasteiger partial charge < -0.3 is 0 Å². The van der Waals surface area contributed by atoms with Gasteiger partial charge in [-0.05, 0) is 0 Å². The molecule has 0 saturated heterocycles. The average Bonchev–Trinajstić information content (AvgIpc) is 0. The van der Waals surface area contributed by atoms with E-state index in [-0.39, 0.29) is 104 Å². The zero-order valence-electron chi connectivity index (χ0n) is 1.26. The third kappa shape index (κ3) is 18.8. The predicted octanol–water partition coefficient (Wildman–Crippen LogP) is -1.84. The molecule has 0 aromatic heterocycles. The van der Waals surface area contributed by atoms with Gasteiger partial charge in [-0.3, -0.25) is 0 Å². The summed E-state index contributed by atoms with van der Waals surface area (Å²) >= 11 is 0. The first-order valence-electron chi connectivity index (χ1n) is 0. The van der Waals surface area contributed by atoms with Crippen molar-refractivity contribution in [2.75, 3.05) is 0 Å². The van der Waals surface area contributed by atoms with Gasteiger partial charge in [-0.2, -0.15) is 0 Å². The number of hydrogen-bond donors (Lipinski definition) is 0. The van der Waals surface area contributed by atoms with E-state index in [1.165, 1.54) is 0 Å². The van der Waals surface area contributed by atoms with E-state index in [0.717, 1.165) is 0 Å². The summed E-state index contributed by atoms with van der Waals surface area (Å²) in [6.45, 7) is 0. The topological polar surface area (TPSA) is 0 Å². The molecule has 0 amide bonds. The summed E-state index contributed by atoms with van der Waals surface area (Å²) in [7, 11) is 0. The summed E-state index contributed by atoms with van der Waals surface area (Å²) in [6.07, 6.45) is 0. The first kappa shape index (κ1) is 40.4. The zero-order valence-corrected chi connectivity index (χ0v) is 5.21. The summed E-state index contributed by atoms with van der Waals surface area (Å²) < 4.78 is 0. The fourth-order valence-corrected chi connectivity index (χ4v) is 0. The fourth-order valence-electron chi connectivity index (χ4n) is 0. The van der Waals surface area contributed by atoms with Gasteiger partial charge in [-0.15, -0.1) is 0 Å². The largest absolute Gasteiger partial charge is 0 e. The molecular weight excluding hydrogens is 207 g/mol. The Hall–Kier alpha value is 3.32. The first-order valence-corrected chi connectivity index (χ1v) is 0. The van der Waals surface area contributed by atoms with E-state index in [2.05, 4.69) is 0 Å². The Morgan fingerprint density at radius 1 is 1.00 bits per heavy atom. The van der Waals surface area contributed by atoms with Crippen molar-refractivity contribution in [3.05, 3.63) is 0 Å².